The van der Waals surface area contributed by atoms with E-state index in [2.05, 4.69) is 10.1 Å². The fourth-order valence-corrected chi connectivity index (χ4v) is 3.88. The van der Waals surface area contributed by atoms with Gasteiger partial charge in [0.25, 0.3) is 0 Å². The number of hydrogen-bond acceptors (Lipinski definition) is 5. The molecular weight excluding hydrogens is 402 g/mol. The van der Waals surface area contributed by atoms with E-state index in [1.54, 1.807) is 14.2 Å². The van der Waals surface area contributed by atoms with Gasteiger partial charge in [0.1, 0.15) is 16.7 Å². The van der Waals surface area contributed by atoms with Crippen molar-refractivity contribution in [1.82, 2.24) is 9.99 Å². The van der Waals surface area contributed by atoms with E-state index in [0.717, 1.165) is 39.2 Å². The van der Waals surface area contributed by atoms with Gasteiger partial charge >= 0.3 is 0 Å². The number of nitrogens with zero attached hydrogens (tertiary/aromatic N) is 3. The molecule has 1 aromatic heterocycles. The molecule has 0 aliphatic carbocycles. The molecule has 1 amide bonds. The summed E-state index contributed by atoms with van der Waals surface area (Å²) in [5.74, 6) is 1.44. The van der Waals surface area contributed by atoms with Crippen LogP contribution in [-0.2, 0) is 4.79 Å². The summed E-state index contributed by atoms with van der Waals surface area (Å²) in [5.41, 5.74) is 3.31. The Kier molecular flexibility index (Phi) is 5.59. The molecule has 2 aromatic carbocycles. The summed E-state index contributed by atoms with van der Waals surface area (Å²) in [5, 5.41) is 7.45. The van der Waals surface area contributed by atoms with Crippen LogP contribution in [0.1, 0.15) is 36.9 Å². The molecule has 154 valence electrons. The zero-order chi connectivity index (χ0) is 21.3. The first-order valence-corrected chi connectivity index (χ1v) is 10.1. The smallest absolute Gasteiger partial charge is 0.242 e. The van der Waals surface area contributed by atoms with Crippen molar-refractivity contribution in [3.05, 3.63) is 64.8 Å². The lowest BCUT2D eigenvalue weighted by atomic mass is 9.98. The molecule has 0 saturated carbocycles. The van der Waals surface area contributed by atoms with Gasteiger partial charge in [-0.15, -0.1) is 0 Å². The molecule has 1 atom stereocenters. The fraction of sp³-hybridized carbons (Fsp3) is 0.261. The van der Waals surface area contributed by atoms with Gasteiger partial charge in [0.2, 0.25) is 5.91 Å². The molecule has 0 spiro atoms. The highest BCUT2D eigenvalue weighted by Crippen LogP contribution is 2.38. The third-order valence-corrected chi connectivity index (χ3v) is 5.56. The number of hydrogen-bond donors (Lipinski definition) is 0. The number of halogens is 1. The van der Waals surface area contributed by atoms with Crippen LogP contribution in [0.2, 0.25) is 5.15 Å². The van der Waals surface area contributed by atoms with Crippen LogP contribution >= 0.6 is 11.6 Å². The topological polar surface area (TPSA) is 64.0 Å². The van der Waals surface area contributed by atoms with Crippen molar-refractivity contribution in [2.24, 2.45) is 5.10 Å². The maximum absolute atomic E-state index is 12.7. The Labute approximate surface area is 180 Å². The van der Waals surface area contributed by atoms with E-state index < -0.39 is 0 Å². The Hall–Kier alpha value is -3.12. The van der Waals surface area contributed by atoms with E-state index in [0.29, 0.717) is 18.0 Å². The number of methoxy groups -OCH3 is 2. The number of carbonyl (C=O) groups excluding carboxylic acids is 1. The van der Waals surface area contributed by atoms with Crippen LogP contribution in [0.3, 0.4) is 0 Å². The molecule has 4 rings (SSSR count). The first-order chi connectivity index (χ1) is 14.5. The second-order valence-electron chi connectivity index (χ2n) is 7.01. The largest absolute Gasteiger partial charge is 0.497 e. The number of rotatable bonds is 5. The second-order valence-corrected chi connectivity index (χ2v) is 7.37. The van der Waals surface area contributed by atoms with Crippen LogP contribution in [0.15, 0.2) is 53.6 Å². The average molecular weight is 424 g/mol. The first kappa shape index (κ1) is 20.2. The molecule has 0 radical (unpaired) electrons. The third kappa shape index (κ3) is 3.71. The van der Waals surface area contributed by atoms with Crippen LogP contribution in [0.4, 0.5) is 0 Å². The fourth-order valence-electron chi connectivity index (χ4n) is 3.61. The normalized spacial score (nSPS) is 15.9. The van der Waals surface area contributed by atoms with Crippen molar-refractivity contribution < 1.29 is 14.3 Å². The Balaban J connectivity index is 1.75. The van der Waals surface area contributed by atoms with E-state index in [1.165, 1.54) is 5.01 Å². The standard InChI is InChI=1S/C23H22ClN3O3/c1-4-22(28)27-21(13-20(26-27)14-5-7-16(29-2)8-6-14)18-12-15-11-17(30-3)9-10-19(15)25-23(18)24/h5-12,21H,4,13H2,1-3H3/t21-/m0/s1. The highest BCUT2D eigenvalue weighted by molar-refractivity contribution is 6.30. The molecule has 7 heteroatoms. The lowest BCUT2D eigenvalue weighted by molar-refractivity contribution is -0.132. The number of ether oxygens (including phenoxy) is 2. The highest BCUT2D eigenvalue weighted by atomic mass is 35.5. The maximum atomic E-state index is 12.7. The van der Waals surface area contributed by atoms with Crippen molar-refractivity contribution in [1.29, 1.82) is 0 Å². The monoisotopic (exact) mass is 423 g/mol. The molecule has 0 fully saturated rings. The zero-order valence-electron chi connectivity index (χ0n) is 17.1. The molecule has 0 saturated heterocycles. The van der Waals surface area contributed by atoms with Crippen molar-refractivity contribution in [2.75, 3.05) is 14.2 Å². The van der Waals surface area contributed by atoms with Crippen LogP contribution in [0.25, 0.3) is 10.9 Å². The number of fused-ring (bicyclic) bond motifs is 1. The van der Waals surface area contributed by atoms with E-state index in [4.69, 9.17) is 21.1 Å². The van der Waals surface area contributed by atoms with Gasteiger partial charge in [0.05, 0.1) is 31.5 Å². The summed E-state index contributed by atoms with van der Waals surface area (Å²) in [6, 6.07) is 14.9. The number of benzene rings is 2. The SMILES string of the molecule is CCC(=O)N1N=C(c2ccc(OC)cc2)C[C@H]1c1cc2cc(OC)ccc2nc1Cl. The third-order valence-electron chi connectivity index (χ3n) is 5.25. The number of aromatic nitrogens is 1. The maximum Gasteiger partial charge on any atom is 0.242 e. The lowest BCUT2D eigenvalue weighted by Crippen LogP contribution is -2.26. The van der Waals surface area contributed by atoms with Crippen molar-refractivity contribution in [3.8, 4) is 11.5 Å². The summed E-state index contributed by atoms with van der Waals surface area (Å²) in [6.45, 7) is 1.82. The predicted octanol–water partition coefficient (Wildman–Crippen LogP) is 4.99. The summed E-state index contributed by atoms with van der Waals surface area (Å²) < 4.78 is 10.6. The molecule has 1 aliphatic heterocycles. The van der Waals surface area contributed by atoms with Gasteiger partial charge in [-0.25, -0.2) is 9.99 Å². The van der Waals surface area contributed by atoms with Gasteiger partial charge in [-0.1, -0.05) is 18.5 Å². The predicted molar refractivity (Wildman–Crippen MR) is 117 cm³/mol. The number of pyridine rings is 1. The number of amides is 1. The summed E-state index contributed by atoms with van der Waals surface area (Å²) in [4.78, 5) is 17.2. The van der Waals surface area contributed by atoms with E-state index in [9.17, 15) is 4.79 Å². The van der Waals surface area contributed by atoms with Gasteiger partial charge in [-0.05, 0) is 54.1 Å². The average Bonchev–Trinajstić information content (AvgIpc) is 3.23. The number of carbonyl (C=O) groups is 1. The summed E-state index contributed by atoms with van der Waals surface area (Å²) in [6.07, 6.45) is 0.900. The molecule has 2 heterocycles. The van der Waals surface area contributed by atoms with Crippen LogP contribution in [0, 0.1) is 0 Å². The quantitative estimate of drug-likeness (QED) is 0.542. The minimum absolute atomic E-state index is 0.0645. The van der Waals surface area contributed by atoms with E-state index >= 15 is 0 Å². The van der Waals surface area contributed by atoms with Crippen LogP contribution < -0.4 is 9.47 Å². The highest BCUT2D eigenvalue weighted by Gasteiger charge is 2.34. The Morgan fingerprint density at radius 3 is 2.47 bits per heavy atom. The molecule has 6 nitrogen and oxygen atoms in total. The summed E-state index contributed by atoms with van der Waals surface area (Å²) in [7, 11) is 3.25. The van der Waals surface area contributed by atoms with Gasteiger partial charge in [-0.2, -0.15) is 5.10 Å². The van der Waals surface area contributed by atoms with Gasteiger partial charge in [0, 0.05) is 23.8 Å². The second kappa shape index (κ2) is 8.32. The molecule has 0 unspecified atom stereocenters. The molecule has 3 aromatic rings. The molecule has 1 aliphatic rings. The van der Waals surface area contributed by atoms with Crippen molar-refractivity contribution in [2.45, 2.75) is 25.8 Å². The molecule has 30 heavy (non-hydrogen) atoms. The van der Waals surface area contributed by atoms with Crippen LogP contribution in [-0.4, -0.2) is 35.8 Å². The minimum atomic E-state index is -0.315. The lowest BCUT2D eigenvalue weighted by Gasteiger charge is -2.22. The molecule has 0 bridgehead atoms. The molecular formula is C23H22ClN3O3. The van der Waals surface area contributed by atoms with E-state index in [1.807, 2.05) is 55.5 Å². The Morgan fingerprint density at radius 2 is 1.80 bits per heavy atom. The number of hydrazone groups is 1. The Bertz CT molecular complexity index is 1130. The van der Waals surface area contributed by atoms with Gasteiger partial charge < -0.3 is 9.47 Å². The summed E-state index contributed by atoms with van der Waals surface area (Å²) >= 11 is 6.56. The molecule has 0 N–H and O–H groups in total. The zero-order valence-corrected chi connectivity index (χ0v) is 17.8. The first-order valence-electron chi connectivity index (χ1n) is 9.72. The van der Waals surface area contributed by atoms with Crippen molar-refractivity contribution in [3.63, 3.8) is 0 Å². The van der Waals surface area contributed by atoms with Crippen molar-refractivity contribution >= 4 is 34.1 Å². The van der Waals surface area contributed by atoms with Gasteiger partial charge in [0.15, 0.2) is 0 Å². The Morgan fingerprint density at radius 1 is 1.10 bits per heavy atom. The van der Waals surface area contributed by atoms with Crippen LogP contribution in [0.5, 0.6) is 11.5 Å². The minimum Gasteiger partial charge on any atom is -0.497 e. The van der Waals surface area contributed by atoms with Gasteiger partial charge in [-0.3, -0.25) is 4.79 Å². The van der Waals surface area contributed by atoms with E-state index in [-0.39, 0.29) is 11.9 Å².